The van der Waals surface area contributed by atoms with Crippen LogP contribution in [0.15, 0.2) is 42.5 Å². The molecule has 0 atom stereocenters. The third-order valence-electron chi connectivity index (χ3n) is 2.23. The normalized spacial score (nSPS) is 9.35. The van der Waals surface area contributed by atoms with E-state index in [2.05, 4.69) is 0 Å². The Hall–Kier alpha value is -1.67. The highest BCUT2D eigenvalue weighted by molar-refractivity contribution is 6.33. The van der Waals surface area contributed by atoms with Crippen LogP contribution >= 0.6 is 11.6 Å². The molecule has 0 saturated heterocycles. The topological polar surface area (TPSA) is 52.0 Å². The van der Waals surface area contributed by atoms with E-state index in [9.17, 15) is 0 Å². The minimum atomic E-state index is 0.626. The fourth-order valence-electron chi connectivity index (χ4n) is 1.23. The van der Waals surface area contributed by atoms with Crippen LogP contribution in [0.3, 0.4) is 0 Å². The molecule has 3 heteroatoms. The molecule has 2 aromatic rings. The maximum Gasteiger partial charge on any atom is 0.0635 e. The number of anilines is 2. The molecule has 2 aromatic carbocycles. The molecule has 0 unspecified atom stereocenters. The lowest BCUT2D eigenvalue weighted by Crippen LogP contribution is -1.85. The van der Waals surface area contributed by atoms with Crippen molar-refractivity contribution in [2.45, 2.75) is 13.8 Å². The molecule has 0 aromatic heterocycles. The van der Waals surface area contributed by atoms with Gasteiger partial charge in [0, 0.05) is 5.69 Å². The summed E-state index contributed by atoms with van der Waals surface area (Å²) in [7, 11) is 0. The summed E-state index contributed by atoms with van der Waals surface area (Å²) < 4.78 is 0. The van der Waals surface area contributed by atoms with Gasteiger partial charge in [0.25, 0.3) is 0 Å². The predicted octanol–water partition coefficient (Wildman–Crippen LogP) is 3.81. The molecular weight excluding hydrogens is 232 g/mol. The molecule has 0 aliphatic carbocycles. The average Bonchev–Trinajstić information content (AvgIpc) is 2.29. The molecule has 2 rings (SSSR count). The van der Waals surface area contributed by atoms with E-state index in [-0.39, 0.29) is 0 Å². The maximum atomic E-state index is 5.66. The zero-order chi connectivity index (χ0) is 12.8. The van der Waals surface area contributed by atoms with Crippen molar-refractivity contribution in [3.05, 3.63) is 58.6 Å². The summed E-state index contributed by atoms with van der Waals surface area (Å²) in [5.41, 5.74) is 14.8. The predicted molar refractivity (Wildman–Crippen MR) is 76.2 cm³/mol. The minimum Gasteiger partial charge on any atom is -0.399 e. The van der Waals surface area contributed by atoms with E-state index in [1.54, 1.807) is 6.07 Å². The van der Waals surface area contributed by atoms with Gasteiger partial charge >= 0.3 is 0 Å². The van der Waals surface area contributed by atoms with E-state index in [1.165, 1.54) is 5.56 Å². The number of nitrogens with two attached hydrogens (primary N) is 2. The van der Waals surface area contributed by atoms with Crippen LogP contribution in [0.25, 0.3) is 0 Å². The highest BCUT2D eigenvalue weighted by Gasteiger charge is 1.92. The van der Waals surface area contributed by atoms with Gasteiger partial charge in [0.1, 0.15) is 0 Å². The lowest BCUT2D eigenvalue weighted by molar-refractivity contribution is 1.47. The standard InChI is InChI=1S/C7H8ClN.C7H9N/c1-5-2-3-6(8)7(9)4-5;1-6-2-4-7(8)5-3-6/h2-4H,9H2,1H3;2-5H,8H2,1H3. The number of hydrogen-bond acceptors (Lipinski definition) is 2. The monoisotopic (exact) mass is 248 g/mol. The molecule has 0 saturated carbocycles. The van der Waals surface area contributed by atoms with Gasteiger partial charge in [0.2, 0.25) is 0 Å². The van der Waals surface area contributed by atoms with Gasteiger partial charge in [0.15, 0.2) is 0 Å². The summed E-state index contributed by atoms with van der Waals surface area (Å²) in [6.07, 6.45) is 0. The van der Waals surface area contributed by atoms with Crippen molar-refractivity contribution in [1.29, 1.82) is 0 Å². The minimum absolute atomic E-state index is 0.626. The van der Waals surface area contributed by atoms with E-state index in [0.29, 0.717) is 10.7 Å². The Bertz CT molecular complexity index is 457. The first kappa shape index (κ1) is 13.4. The summed E-state index contributed by atoms with van der Waals surface area (Å²) in [4.78, 5) is 0. The molecule has 0 amide bonds. The van der Waals surface area contributed by atoms with Gasteiger partial charge in [-0.15, -0.1) is 0 Å². The second-order valence-corrected chi connectivity index (χ2v) is 4.34. The zero-order valence-corrected chi connectivity index (χ0v) is 10.8. The largest absolute Gasteiger partial charge is 0.399 e. The fraction of sp³-hybridized carbons (Fsp3) is 0.143. The van der Waals surface area contributed by atoms with Crippen LogP contribution in [0.1, 0.15) is 11.1 Å². The molecule has 0 fully saturated rings. The molecule has 90 valence electrons. The number of aryl methyl sites for hydroxylation is 2. The Labute approximate surface area is 107 Å². The van der Waals surface area contributed by atoms with Gasteiger partial charge in [0.05, 0.1) is 10.7 Å². The molecule has 0 aliphatic heterocycles. The molecule has 0 spiro atoms. The zero-order valence-electron chi connectivity index (χ0n) is 10.1. The first-order valence-electron chi connectivity index (χ1n) is 5.33. The molecule has 0 bridgehead atoms. The molecule has 0 aliphatic rings. The van der Waals surface area contributed by atoms with Crippen molar-refractivity contribution in [3.8, 4) is 0 Å². The number of hydrogen-bond donors (Lipinski definition) is 2. The highest BCUT2D eigenvalue weighted by Crippen LogP contribution is 2.18. The van der Waals surface area contributed by atoms with Crippen molar-refractivity contribution in [3.63, 3.8) is 0 Å². The average molecular weight is 249 g/mol. The summed E-state index contributed by atoms with van der Waals surface area (Å²) in [6, 6.07) is 13.4. The van der Waals surface area contributed by atoms with Crippen LogP contribution in [0.4, 0.5) is 11.4 Å². The lowest BCUT2D eigenvalue weighted by atomic mass is 10.2. The first-order valence-corrected chi connectivity index (χ1v) is 5.70. The summed E-state index contributed by atoms with van der Waals surface area (Å²) in [5, 5.41) is 0.626. The lowest BCUT2D eigenvalue weighted by Gasteiger charge is -1.96. The smallest absolute Gasteiger partial charge is 0.0635 e. The third-order valence-corrected chi connectivity index (χ3v) is 2.57. The van der Waals surface area contributed by atoms with Gasteiger partial charge < -0.3 is 11.5 Å². The van der Waals surface area contributed by atoms with E-state index in [0.717, 1.165) is 11.3 Å². The summed E-state index contributed by atoms with van der Waals surface area (Å²) in [6.45, 7) is 4.02. The number of nitrogen functional groups attached to an aromatic ring is 2. The van der Waals surface area contributed by atoms with E-state index < -0.39 is 0 Å². The Morgan fingerprint density at radius 3 is 1.76 bits per heavy atom. The van der Waals surface area contributed by atoms with Crippen molar-refractivity contribution < 1.29 is 0 Å². The van der Waals surface area contributed by atoms with Crippen LogP contribution in [0, 0.1) is 13.8 Å². The van der Waals surface area contributed by atoms with Crippen molar-refractivity contribution in [2.24, 2.45) is 0 Å². The summed E-state index contributed by atoms with van der Waals surface area (Å²) in [5.74, 6) is 0. The van der Waals surface area contributed by atoms with Gasteiger partial charge in [-0.05, 0) is 43.7 Å². The fourth-order valence-corrected chi connectivity index (χ4v) is 1.35. The Morgan fingerprint density at radius 2 is 1.35 bits per heavy atom. The summed E-state index contributed by atoms with van der Waals surface area (Å²) >= 11 is 5.66. The highest BCUT2D eigenvalue weighted by atomic mass is 35.5. The van der Waals surface area contributed by atoms with Crippen LogP contribution in [-0.2, 0) is 0 Å². The van der Waals surface area contributed by atoms with Gasteiger partial charge in [-0.1, -0.05) is 35.4 Å². The quantitative estimate of drug-likeness (QED) is 0.697. The second kappa shape index (κ2) is 6.16. The van der Waals surface area contributed by atoms with Gasteiger partial charge in [-0.3, -0.25) is 0 Å². The Balaban J connectivity index is 0.000000171. The van der Waals surface area contributed by atoms with Crippen LogP contribution in [0.5, 0.6) is 0 Å². The Kier molecular flexibility index (Phi) is 4.85. The molecule has 2 nitrogen and oxygen atoms in total. The van der Waals surface area contributed by atoms with Crippen LogP contribution < -0.4 is 11.5 Å². The SMILES string of the molecule is Cc1ccc(Cl)c(N)c1.Cc1ccc(N)cc1. The van der Waals surface area contributed by atoms with Crippen molar-refractivity contribution in [2.75, 3.05) is 11.5 Å². The second-order valence-electron chi connectivity index (χ2n) is 3.94. The van der Waals surface area contributed by atoms with Gasteiger partial charge in [-0.25, -0.2) is 0 Å². The van der Waals surface area contributed by atoms with Crippen LogP contribution in [0.2, 0.25) is 5.02 Å². The third kappa shape index (κ3) is 4.79. The van der Waals surface area contributed by atoms with Crippen molar-refractivity contribution >= 4 is 23.0 Å². The maximum absolute atomic E-state index is 5.66. The number of benzene rings is 2. The van der Waals surface area contributed by atoms with E-state index >= 15 is 0 Å². The first-order chi connectivity index (χ1) is 7.99. The van der Waals surface area contributed by atoms with Crippen molar-refractivity contribution in [1.82, 2.24) is 0 Å². The van der Waals surface area contributed by atoms with Gasteiger partial charge in [-0.2, -0.15) is 0 Å². The molecule has 4 N–H and O–H groups in total. The molecule has 17 heavy (non-hydrogen) atoms. The van der Waals surface area contributed by atoms with E-state index in [1.807, 2.05) is 50.2 Å². The molecule has 0 radical (unpaired) electrons. The van der Waals surface area contributed by atoms with E-state index in [4.69, 9.17) is 23.1 Å². The Morgan fingerprint density at radius 1 is 0.824 bits per heavy atom. The molecular formula is C14H17ClN2. The number of rotatable bonds is 0. The van der Waals surface area contributed by atoms with Crippen LogP contribution in [-0.4, -0.2) is 0 Å². The number of halogens is 1. The molecule has 0 heterocycles.